The molecule has 1 aromatic rings. The van der Waals surface area contributed by atoms with Crippen LogP contribution in [0.2, 0.25) is 0 Å². The van der Waals surface area contributed by atoms with Crippen molar-refractivity contribution in [3.63, 3.8) is 0 Å². The molecule has 2 heteroatoms. The van der Waals surface area contributed by atoms with Crippen molar-refractivity contribution in [3.05, 3.63) is 45.0 Å². The number of hydrogen-bond acceptors (Lipinski definition) is 1. The summed E-state index contributed by atoms with van der Waals surface area (Å²) >= 11 is 2.39. The van der Waals surface area contributed by atoms with E-state index in [-0.39, 0.29) is 0 Å². The molecule has 2 rings (SSSR count). The van der Waals surface area contributed by atoms with E-state index in [1.807, 2.05) is 0 Å². The van der Waals surface area contributed by atoms with Crippen LogP contribution < -0.4 is 5.32 Å². The number of rotatable bonds is 5. The van der Waals surface area contributed by atoms with Gasteiger partial charge < -0.3 is 5.32 Å². The van der Waals surface area contributed by atoms with Crippen molar-refractivity contribution < 1.29 is 0 Å². The fraction of sp³-hybridized carbons (Fsp3) is 0.467. The second-order valence-corrected chi connectivity index (χ2v) is 5.86. The smallest absolute Gasteiger partial charge is 0.0536 e. The van der Waals surface area contributed by atoms with E-state index < -0.39 is 0 Å². The van der Waals surface area contributed by atoms with Crippen LogP contribution >= 0.6 is 22.6 Å². The Hall–Kier alpha value is -0.350. The average molecular weight is 341 g/mol. The molecule has 0 bridgehead atoms. The van der Waals surface area contributed by atoms with Gasteiger partial charge in [0.15, 0.2) is 0 Å². The molecule has 1 unspecified atom stereocenters. The van der Waals surface area contributed by atoms with E-state index in [1.54, 1.807) is 5.57 Å². The molecule has 0 radical (unpaired) electrons. The zero-order chi connectivity index (χ0) is 12.1. The summed E-state index contributed by atoms with van der Waals surface area (Å²) in [6.45, 7) is 3.31. The summed E-state index contributed by atoms with van der Waals surface area (Å²) in [7, 11) is 0. The molecule has 0 saturated heterocycles. The van der Waals surface area contributed by atoms with Crippen LogP contribution in [0.4, 0.5) is 0 Å². The predicted octanol–water partition coefficient (Wildman–Crippen LogP) is 4.44. The van der Waals surface area contributed by atoms with Gasteiger partial charge in [0.25, 0.3) is 0 Å². The lowest BCUT2D eigenvalue weighted by Gasteiger charge is -2.21. The maximum Gasteiger partial charge on any atom is 0.0536 e. The molecule has 0 aromatic heterocycles. The third-order valence-electron chi connectivity index (χ3n) is 3.23. The second kappa shape index (κ2) is 6.55. The van der Waals surface area contributed by atoms with Crippen LogP contribution in [0, 0.1) is 3.57 Å². The normalized spacial score (nSPS) is 16.9. The van der Waals surface area contributed by atoms with Gasteiger partial charge >= 0.3 is 0 Å². The lowest BCUT2D eigenvalue weighted by molar-refractivity contribution is 0.578. The summed E-state index contributed by atoms with van der Waals surface area (Å²) in [6, 6.07) is 9.30. The van der Waals surface area contributed by atoms with E-state index in [9.17, 15) is 0 Å². The van der Waals surface area contributed by atoms with Crippen LogP contribution in [0.25, 0.3) is 0 Å². The molecule has 0 spiro atoms. The number of hydrogen-bond donors (Lipinski definition) is 1. The summed E-state index contributed by atoms with van der Waals surface area (Å²) in [6.07, 6.45) is 7.45. The highest BCUT2D eigenvalue weighted by Crippen LogP contribution is 2.31. The number of nitrogens with one attached hydrogen (secondary N) is 1. The number of halogens is 1. The fourth-order valence-electron chi connectivity index (χ4n) is 2.40. The molecule has 0 amide bonds. The van der Waals surface area contributed by atoms with Crippen molar-refractivity contribution in [2.45, 2.75) is 38.6 Å². The second-order valence-electron chi connectivity index (χ2n) is 4.61. The molecule has 1 aliphatic carbocycles. The summed E-state index contributed by atoms with van der Waals surface area (Å²) < 4.78 is 1.32. The average Bonchev–Trinajstić information content (AvgIpc) is 2.83. The summed E-state index contributed by atoms with van der Waals surface area (Å²) in [5, 5.41) is 3.68. The quantitative estimate of drug-likeness (QED) is 0.617. The van der Waals surface area contributed by atoms with Crippen molar-refractivity contribution in [2.24, 2.45) is 0 Å². The lowest BCUT2D eigenvalue weighted by atomic mass is 9.98. The Kier molecular flexibility index (Phi) is 5.04. The Balaban J connectivity index is 2.19. The zero-order valence-electron chi connectivity index (χ0n) is 10.4. The van der Waals surface area contributed by atoms with Crippen LogP contribution in [-0.2, 0) is 0 Å². The molecule has 17 heavy (non-hydrogen) atoms. The summed E-state index contributed by atoms with van der Waals surface area (Å²) in [4.78, 5) is 0. The number of benzene rings is 1. The zero-order valence-corrected chi connectivity index (χ0v) is 12.5. The van der Waals surface area contributed by atoms with Gasteiger partial charge in [-0.05, 0) is 72.5 Å². The van der Waals surface area contributed by atoms with Crippen molar-refractivity contribution >= 4 is 22.6 Å². The van der Waals surface area contributed by atoms with Gasteiger partial charge in [0.1, 0.15) is 0 Å². The Bertz CT molecular complexity index is 398. The molecule has 0 fully saturated rings. The molecule has 1 atom stereocenters. The van der Waals surface area contributed by atoms with Crippen LogP contribution in [0.15, 0.2) is 35.9 Å². The van der Waals surface area contributed by atoms with E-state index in [2.05, 4.69) is 65.2 Å². The van der Waals surface area contributed by atoms with Gasteiger partial charge in [0.2, 0.25) is 0 Å². The van der Waals surface area contributed by atoms with Crippen LogP contribution in [0.5, 0.6) is 0 Å². The molecule has 1 aromatic carbocycles. The van der Waals surface area contributed by atoms with Gasteiger partial charge in [-0.25, -0.2) is 0 Å². The van der Waals surface area contributed by atoms with Crippen molar-refractivity contribution in [1.29, 1.82) is 0 Å². The van der Waals surface area contributed by atoms with E-state index in [0.717, 1.165) is 6.54 Å². The first-order chi connectivity index (χ1) is 8.31. The van der Waals surface area contributed by atoms with Crippen LogP contribution in [0.1, 0.15) is 44.2 Å². The minimum atomic E-state index is 0.437. The van der Waals surface area contributed by atoms with Crippen molar-refractivity contribution in [3.8, 4) is 0 Å². The fourth-order valence-corrected chi connectivity index (χ4v) is 2.96. The highest BCUT2D eigenvalue weighted by Gasteiger charge is 2.18. The van der Waals surface area contributed by atoms with Crippen LogP contribution in [-0.4, -0.2) is 6.54 Å². The Morgan fingerprint density at radius 2 is 2.29 bits per heavy atom. The molecule has 1 nitrogen and oxygen atoms in total. The molecular weight excluding hydrogens is 321 g/mol. The first kappa shape index (κ1) is 13.1. The highest BCUT2D eigenvalue weighted by molar-refractivity contribution is 14.1. The number of allylic oxidation sites excluding steroid dienone is 1. The van der Waals surface area contributed by atoms with Crippen molar-refractivity contribution in [2.75, 3.05) is 6.54 Å². The van der Waals surface area contributed by atoms with Gasteiger partial charge in [-0.2, -0.15) is 0 Å². The SMILES string of the molecule is CCCNC(C1=CCCC1)c1cccc(I)c1. The third kappa shape index (κ3) is 3.55. The minimum Gasteiger partial charge on any atom is -0.307 e. The minimum absolute atomic E-state index is 0.437. The Labute approximate surface area is 118 Å². The Morgan fingerprint density at radius 1 is 1.41 bits per heavy atom. The topological polar surface area (TPSA) is 12.0 Å². The van der Waals surface area contributed by atoms with E-state index in [1.165, 1.54) is 34.8 Å². The standard InChI is InChI=1S/C15H20IN/c1-2-10-17-15(12-6-3-4-7-12)13-8-5-9-14(16)11-13/h5-6,8-9,11,15,17H,2-4,7,10H2,1H3. The summed E-state index contributed by atoms with van der Waals surface area (Å²) in [5.41, 5.74) is 3.00. The van der Waals surface area contributed by atoms with Gasteiger partial charge in [0.05, 0.1) is 6.04 Å². The maximum atomic E-state index is 3.68. The molecule has 0 saturated carbocycles. The monoisotopic (exact) mass is 341 g/mol. The highest BCUT2D eigenvalue weighted by atomic mass is 127. The molecule has 92 valence electrons. The van der Waals surface area contributed by atoms with E-state index in [0.29, 0.717) is 6.04 Å². The lowest BCUT2D eigenvalue weighted by Crippen LogP contribution is -2.23. The third-order valence-corrected chi connectivity index (χ3v) is 3.90. The largest absolute Gasteiger partial charge is 0.307 e. The van der Waals surface area contributed by atoms with Crippen LogP contribution in [0.3, 0.4) is 0 Å². The molecule has 0 aliphatic heterocycles. The van der Waals surface area contributed by atoms with Gasteiger partial charge in [-0.3, -0.25) is 0 Å². The molecule has 1 N–H and O–H groups in total. The maximum absolute atomic E-state index is 3.68. The van der Waals surface area contributed by atoms with E-state index in [4.69, 9.17) is 0 Å². The van der Waals surface area contributed by atoms with Gasteiger partial charge in [0, 0.05) is 3.57 Å². The van der Waals surface area contributed by atoms with E-state index >= 15 is 0 Å². The predicted molar refractivity (Wildman–Crippen MR) is 82.1 cm³/mol. The first-order valence-corrected chi connectivity index (χ1v) is 7.57. The first-order valence-electron chi connectivity index (χ1n) is 6.49. The van der Waals surface area contributed by atoms with Crippen molar-refractivity contribution in [1.82, 2.24) is 5.32 Å². The molecule has 1 aliphatic rings. The Morgan fingerprint density at radius 3 is 2.94 bits per heavy atom. The summed E-state index contributed by atoms with van der Waals surface area (Å²) in [5.74, 6) is 0. The molecular formula is C15H20IN. The van der Waals surface area contributed by atoms with Gasteiger partial charge in [-0.1, -0.05) is 30.7 Å². The van der Waals surface area contributed by atoms with Gasteiger partial charge in [-0.15, -0.1) is 0 Å². The molecule has 0 heterocycles.